The van der Waals surface area contributed by atoms with Crippen molar-refractivity contribution in [1.29, 1.82) is 5.26 Å². The van der Waals surface area contributed by atoms with Crippen LogP contribution in [0, 0.1) is 11.3 Å². The van der Waals surface area contributed by atoms with Crippen LogP contribution in [0.3, 0.4) is 0 Å². The summed E-state index contributed by atoms with van der Waals surface area (Å²) in [5.41, 5.74) is 1.09. The van der Waals surface area contributed by atoms with Crippen molar-refractivity contribution in [2.24, 2.45) is 0 Å². The van der Waals surface area contributed by atoms with Gasteiger partial charge in [0.25, 0.3) is 0 Å². The van der Waals surface area contributed by atoms with Crippen LogP contribution >= 0.6 is 0 Å². The van der Waals surface area contributed by atoms with E-state index in [-0.39, 0.29) is 6.03 Å². The van der Waals surface area contributed by atoms with E-state index >= 15 is 0 Å². The minimum atomic E-state index is 0.00768. The lowest BCUT2D eigenvalue weighted by molar-refractivity contribution is 0.218. The van der Waals surface area contributed by atoms with E-state index in [4.69, 9.17) is 5.26 Å². The molecule has 1 aromatic carbocycles. The molecule has 5 nitrogen and oxygen atoms in total. The zero-order valence-corrected chi connectivity index (χ0v) is 10.9. The first-order chi connectivity index (χ1) is 9.31. The molecule has 1 aromatic rings. The molecule has 0 bridgehead atoms. The molecule has 100 valence electrons. The van der Waals surface area contributed by atoms with Crippen LogP contribution in [0.25, 0.3) is 0 Å². The largest absolute Gasteiger partial charge is 0.369 e. The predicted molar refractivity (Wildman–Crippen MR) is 73.9 cm³/mol. The fourth-order valence-corrected chi connectivity index (χ4v) is 2.16. The van der Waals surface area contributed by atoms with Gasteiger partial charge in [0.2, 0.25) is 0 Å². The molecule has 0 unspecified atom stereocenters. The lowest BCUT2D eigenvalue weighted by atomic mass is 10.2. The van der Waals surface area contributed by atoms with E-state index in [0.29, 0.717) is 19.5 Å². The normalized spacial score (nSPS) is 14.1. The molecule has 1 heterocycles. The molecule has 0 radical (unpaired) electrons. The van der Waals surface area contributed by atoms with Crippen LogP contribution < -0.4 is 10.2 Å². The smallest absolute Gasteiger partial charge is 0.317 e. The number of anilines is 1. The maximum Gasteiger partial charge on any atom is 0.317 e. The molecule has 1 aliphatic rings. The van der Waals surface area contributed by atoms with Gasteiger partial charge in [-0.1, -0.05) is 18.2 Å². The van der Waals surface area contributed by atoms with Crippen LogP contribution in [0.5, 0.6) is 0 Å². The molecule has 0 spiro atoms. The van der Waals surface area contributed by atoms with Crippen LogP contribution in [0.1, 0.15) is 6.42 Å². The highest BCUT2D eigenvalue weighted by molar-refractivity contribution is 5.76. The molecule has 2 rings (SSSR count). The molecule has 0 aromatic heterocycles. The Morgan fingerprint density at radius 2 is 2.11 bits per heavy atom. The number of rotatable bonds is 6. The topological polar surface area (TPSA) is 59.4 Å². The number of amides is 2. The minimum absolute atomic E-state index is 0.00768. The Morgan fingerprint density at radius 3 is 2.74 bits per heavy atom. The number of nitrogens with zero attached hydrogens (tertiary/aromatic N) is 3. The van der Waals surface area contributed by atoms with E-state index in [1.807, 2.05) is 35.2 Å². The van der Waals surface area contributed by atoms with E-state index in [0.717, 1.165) is 25.3 Å². The predicted octanol–water partition coefficient (Wildman–Crippen LogP) is 1.43. The summed E-state index contributed by atoms with van der Waals surface area (Å²) in [5, 5.41) is 11.5. The molecule has 5 heteroatoms. The van der Waals surface area contributed by atoms with Crippen molar-refractivity contribution < 1.29 is 4.79 Å². The highest BCUT2D eigenvalue weighted by Gasteiger charge is 2.19. The number of benzene rings is 1. The van der Waals surface area contributed by atoms with Crippen LogP contribution in [-0.2, 0) is 0 Å². The molecule has 2 amide bonds. The Bertz CT molecular complexity index is 454. The summed E-state index contributed by atoms with van der Waals surface area (Å²) >= 11 is 0. The summed E-state index contributed by atoms with van der Waals surface area (Å²) in [4.78, 5) is 15.4. The molecule has 0 aliphatic carbocycles. The first kappa shape index (κ1) is 13.2. The van der Waals surface area contributed by atoms with Gasteiger partial charge in [0.1, 0.15) is 0 Å². The zero-order chi connectivity index (χ0) is 13.5. The van der Waals surface area contributed by atoms with Crippen LogP contribution in [0.4, 0.5) is 10.5 Å². The Kier molecular flexibility index (Phi) is 4.62. The van der Waals surface area contributed by atoms with Gasteiger partial charge < -0.3 is 15.1 Å². The first-order valence-corrected chi connectivity index (χ1v) is 6.51. The Balaban J connectivity index is 1.94. The van der Waals surface area contributed by atoms with E-state index in [9.17, 15) is 4.79 Å². The van der Waals surface area contributed by atoms with Gasteiger partial charge in [-0.25, -0.2) is 4.79 Å². The molecular formula is C14H18N4O. The van der Waals surface area contributed by atoms with Crippen molar-refractivity contribution >= 4 is 11.7 Å². The molecule has 1 N–H and O–H groups in total. The third kappa shape index (κ3) is 3.62. The second kappa shape index (κ2) is 6.64. The van der Waals surface area contributed by atoms with Crippen LogP contribution in [0.2, 0.25) is 0 Å². The number of carbonyl (C=O) groups is 1. The average molecular weight is 258 g/mol. The van der Waals surface area contributed by atoms with Gasteiger partial charge in [0.15, 0.2) is 0 Å². The Labute approximate surface area is 113 Å². The summed E-state index contributed by atoms with van der Waals surface area (Å²) in [7, 11) is 0. The summed E-state index contributed by atoms with van der Waals surface area (Å²) in [6.45, 7) is 3.61. The van der Waals surface area contributed by atoms with Gasteiger partial charge in [-0.2, -0.15) is 5.26 Å². The molecule has 1 saturated heterocycles. The average Bonchev–Trinajstić information content (AvgIpc) is 2.85. The molecule has 1 aliphatic heterocycles. The molecule has 1 fully saturated rings. The number of carbonyl (C=O) groups excluding carboxylic acids is 1. The van der Waals surface area contributed by atoms with E-state index in [2.05, 4.69) is 16.3 Å². The van der Waals surface area contributed by atoms with Gasteiger partial charge in [-0.15, -0.1) is 0 Å². The van der Waals surface area contributed by atoms with Gasteiger partial charge in [0.05, 0.1) is 12.5 Å². The number of urea groups is 1. The highest BCUT2D eigenvalue weighted by atomic mass is 16.2. The van der Waals surface area contributed by atoms with Crippen molar-refractivity contribution in [3.8, 4) is 6.07 Å². The third-order valence-corrected chi connectivity index (χ3v) is 3.20. The maximum atomic E-state index is 11.5. The van der Waals surface area contributed by atoms with Crippen LogP contribution in [-0.4, -0.2) is 43.7 Å². The fourth-order valence-electron chi connectivity index (χ4n) is 2.16. The number of nitriles is 1. The monoisotopic (exact) mass is 258 g/mol. The molecular weight excluding hydrogens is 240 g/mol. The number of hydrogen-bond acceptors (Lipinski definition) is 3. The summed E-state index contributed by atoms with van der Waals surface area (Å²) in [6, 6.07) is 12.2. The minimum Gasteiger partial charge on any atom is -0.369 e. The lowest BCUT2D eigenvalue weighted by Gasteiger charge is -2.26. The highest BCUT2D eigenvalue weighted by Crippen LogP contribution is 2.13. The van der Waals surface area contributed by atoms with E-state index in [1.165, 1.54) is 0 Å². The van der Waals surface area contributed by atoms with Gasteiger partial charge in [-0.05, 0) is 12.1 Å². The van der Waals surface area contributed by atoms with Gasteiger partial charge >= 0.3 is 6.03 Å². The zero-order valence-electron chi connectivity index (χ0n) is 10.9. The second-order valence-electron chi connectivity index (χ2n) is 4.45. The van der Waals surface area contributed by atoms with E-state index < -0.39 is 0 Å². The number of hydrogen-bond donors (Lipinski definition) is 1. The number of nitrogens with one attached hydrogen (secondary N) is 1. The number of para-hydroxylation sites is 1. The van der Waals surface area contributed by atoms with E-state index in [1.54, 1.807) is 0 Å². The molecule has 0 saturated carbocycles. The van der Waals surface area contributed by atoms with Gasteiger partial charge in [0, 0.05) is 38.4 Å². The van der Waals surface area contributed by atoms with Crippen molar-refractivity contribution in [3.05, 3.63) is 30.3 Å². The standard InChI is InChI=1S/C14H18N4O/c15-7-4-9-17(13-5-2-1-3-6-13)11-12-18-10-8-16-14(18)19/h1-3,5-6H,4,8-12H2,(H,16,19). The quantitative estimate of drug-likeness (QED) is 0.839. The van der Waals surface area contributed by atoms with Crippen molar-refractivity contribution in [3.63, 3.8) is 0 Å². The summed E-state index contributed by atoms with van der Waals surface area (Å²) in [5.74, 6) is 0. The third-order valence-electron chi connectivity index (χ3n) is 3.20. The lowest BCUT2D eigenvalue weighted by Crippen LogP contribution is -2.37. The van der Waals surface area contributed by atoms with Crippen molar-refractivity contribution in [2.75, 3.05) is 37.6 Å². The van der Waals surface area contributed by atoms with Crippen molar-refractivity contribution in [1.82, 2.24) is 10.2 Å². The fraction of sp³-hybridized carbons (Fsp3) is 0.429. The molecule has 0 atom stereocenters. The SMILES string of the molecule is N#CCCN(CCN1CCNC1=O)c1ccccc1. The van der Waals surface area contributed by atoms with Crippen LogP contribution in [0.15, 0.2) is 30.3 Å². The second-order valence-corrected chi connectivity index (χ2v) is 4.45. The Morgan fingerprint density at radius 1 is 1.32 bits per heavy atom. The molecule has 19 heavy (non-hydrogen) atoms. The Hall–Kier alpha value is -2.22. The summed E-state index contributed by atoms with van der Waals surface area (Å²) in [6.07, 6.45) is 0.487. The van der Waals surface area contributed by atoms with Crippen molar-refractivity contribution in [2.45, 2.75) is 6.42 Å². The maximum absolute atomic E-state index is 11.5. The summed E-state index contributed by atoms with van der Waals surface area (Å²) < 4.78 is 0. The van der Waals surface area contributed by atoms with Gasteiger partial charge in [-0.3, -0.25) is 0 Å². The first-order valence-electron chi connectivity index (χ1n) is 6.51.